The fourth-order valence-corrected chi connectivity index (χ4v) is 11.3. The van der Waals surface area contributed by atoms with E-state index in [1.807, 2.05) is 19.9 Å². The molecule has 6 fully saturated rings. The van der Waals surface area contributed by atoms with Crippen LogP contribution in [-0.4, -0.2) is 29.1 Å². The topological polar surface area (TPSA) is 63.6 Å². The van der Waals surface area contributed by atoms with Gasteiger partial charge in [-0.1, -0.05) is 33.3 Å². The third-order valence-corrected chi connectivity index (χ3v) is 13.1. The van der Waals surface area contributed by atoms with Crippen molar-refractivity contribution in [1.29, 1.82) is 0 Å². The van der Waals surface area contributed by atoms with E-state index < -0.39 is 18.1 Å². The number of ether oxygens (including phenoxy) is 1. The highest BCUT2D eigenvalue weighted by atomic mass is 16.6. The highest BCUT2D eigenvalue weighted by Gasteiger charge is 2.82. The monoisotopic (exact) mass is 468 g/mol. The van der Waals surface area contributed by atoms with Crippen LogP contribution in [0.15, 0.2) is 11.6 Å². The van der Waals surface area contributed by atoms with Gasteiger partial charge >= 0.3 is 5.97 Å². The van der Waals surface area contributed by atoms with Crippen molar-refractivity contribution in [1.82, 2.24) is 0 Å². The van der Waals surface area contributed by atoms with Crippen LogP contribution in [-0.2, 0) is 14.3 Å². The van der Waals surface area contributed by atoms with Crippen LogP contribution in [0.25, 0.3) is 0 Å². The maximum Gasteiger partial charge on any atom is 0.312 e. The molecule has 5 aliphatic carbocycles. The zero-order valence-corrected chi connectivity index (χ0v) is 22.1. The summed E-state index contributed by atoms with van der Waals surface area (Å²) < 4.78 is 5.71. The average Bonchev–Trinajstić information content (AvgIpc) is 3.25. The Morgan fingerprint density at radius 2 is 1.59 bits per heavy atom. The van der Waals surface area contributed by atoms with Crippen molar-refractivity contribution in [2.24, 2.45) is 50.7 Å². The largest absolute Gasteiger partial charge is 0.455 e. The summed E-state index contributed by atoms with van der Waals surface area (Å²) >= 11 is 0. The van der Waals surface area contributed by atoms with E-state index in [-0.39, 0.29) is 28.1 Å². The van der Waals surface area contributed by atoms with Crippen molar-refractivity contribution in [2.45, 2.75) is 112 Å². The van der Waals surface area contributed by atoms with Gasteiger partial charge < -0.3 is 9.84 Å². The number of ketones is 1. The second-order valence-electron chi connectivity index (χ2n) is 14.5. The number of allylic oxidation sites excluding steroid dienone is 1. The molecule has 6 rings (SSSR count). The molecule has 34 heavy (non-hydrogen) atoms. The first-order valence-electron chi connectivity index (χ1n) is 13.9. The Balaban J connectivity index is 1.32. The summed E-state index contributed by atoms with van der Waals surface area (Å²) in [7, 11) is 0. The molecule has 0 radical (unpaired) electrons. The zero-order valence-electron chi connectivity index (χ0n) is 22.1. The third-order valence-electron chi connectivity index (χ3n) is 13.1. The minimum atomic E-state index is -0.740. The third kappa shape index (κ3) is 2.50. The van der Waals surface area contributed by atoms with Crippen molar-refractivity contribution in [2.75, 3.05) is 0 Å². The van der Waals surface area contributed by atoms with Crippen molar-refractivity contribution in [3.63, 3.8) is 0 Å². The maximum atomic E-state index is 13.1. The van der Waals surface area contributed by atoms with E-state index in [4.69, 9.17) is 4.74 Å². The number of carbonyl (C=O) groups excluding carboxylic acids is 2. The maximum absolute atomic E-state index is 13.1. The smallest absolute Gasteiger partial charge is 0.312 e. The van der Waals surface area contributed by atoms with Gasteiger partial charge in [0.25, 0.3) is 0 Å². The number of rotatable bonds is 2. The molecular weight excluding hydrogens is 424 g/mol. The Kier molecular flexibility index (Phi) is 4.64. The first-order chi connectivity index (χ1) is 15.8. The minimum absolute atomic E-state index is 0.0457. The summed E-state index contributed by atoms with van der Waals surface area (Å²) in [4.78, 5) is 25.9. The van der Waals surface area contributed by atoms with Gasteiger partial charge in [-0.05, 0) is 111 Å². The van der Waals surface area contributed by atoms with Gasteiger partial charge in [0.1, 0.15) is 18.0 Å². The number of fused-ring (bicyclic) bond motifs is 2. The van der Waals surface area contributed by atoms with Crippen molar-refractivity contribution < 1.29 is 19.4 Å². The lowest BCUT2D eigenvalue weighted by molar-refractivity contribution is -0.161. The molecule has 10 atom stereocenters. The molecule has 5 saturated carbocycles. The molecule has 4 nitrogen and oxygen atoms in total. The van der Waals surface area contributed by atoms with Crippen LogP contribution in [0.4, 0.5) is 0 Å². The van der Waals surface area contributed by atoms with Gasteiger partial charge in [0.2, 0.25) is 0 Å². The van der Waals surface area contributed by atoms with Crippen molar-refractivity contribution in [3.8, 4) is 0 Å². The van der Waals surface area contributed by atoms with Crippen LogP contribution in [0.5, 0.6) is 0 Å². The van der Waals surface area contributed by atoms with Gasteiger partial charge in [-0.3, -0.25) is 9.59 Å². The molecule has 6 aliphatic rings. The molecular formula is C30H44O4. The van der Waals surface area contributed by atoms with Gasteiger partial charge in [0.05, 0.1) is 5.92 Å². The number of hydrogen-bond acceptors (Lipinski definition) is 4. The Labute approximate surface area is 205 Å². The predicted molar refractivity (Wildman–Crippen MR) is 131 cm³/mol. The van der Waals surface area contributed by atoms with Crippen molar-refractivity contribution >= 4 is 11.8 Å². The molecule has 2 spiro atoms. The normalized spacial score (nSPS) is 54.9. The van der Waals surface area contributed by atoms with E-state index in [2.05, 4.69) is 27.7 Å². The first kappa shape index (κ1) is 23.3. The molecule has 1 saturated heterocycles. The fraction of sp³-hybridized carbons (Fsp3) is 0.867. The first-order valence-corrected chi connectivity index (χ1v) is 13.9. The van der Waals surface area contributed by atoms with E-state index in [1.54, 1.807) is 0 Å². The Morgan fingerprint density at radius 3 is 2.29 bits per heavy atom. The Bertz CT molecular complexity index is 976. The van der Waals surface area contributed by atoms with Crippen LogP contribution < -0.4 is 0 Å². The van der Waals surface area contributed by atoms with E-state index in [1.165, 1.54) is 25.7 Å². The fourth-order valence-electron chi connectivity index (χ4n) is 11.3. The Hall–Kier alpha value is -1.16. The molecule has 1 N–H and O–H groups in total. The lowest BCUT2D eigenvalue weighted by atomic mass is 9.42. The van der Waals surface area contributed by atoms with E-state index in [0.29, 0.717) is 28.4 Å². The van der Waals surface area contributed by atoms with Gasteiger partial charge in [-0.25, -0.2) is 0 Å². The van der Waals surface area contributed by atoms with Gasteiger partial charge in [-0.2, -0.15) is 0 Å². The number of hydrogen-bond donors (Lipinski definition) is 1. The molecule has 0 aromatic carbocycles. The lowest BCUT2D eigenvalue weighted by Gasteiger charge is -2.62. The summed E-state index contributed by atoms with van der Waals surface area (Å²) in [6.45, 7) is 13.4. The summed E-state index contributed by atoms with van der Waals surface area (Å²) in [5, 5.41) is 11.2. The second kappa shape index (κ2) is 6.78. The summed E-state index contributed by atoms with van der Waals surface area (Å²) in [5.41, 5.74) is 1.90. The van der Waals surface area contributed by atoms with Crippen LogP contribution in [0.2, 0.25) is 0 Å². The standard InChI is InChI=1S/C30H44O4/c1-17(2)15-19-24(32)23(25(33)34-19)18-9-11-28(6)21-8-7-20-26(3,4)22(31)10-12-29(20)16-30(21,29)14-13-27(18,28)5/h15,18-21,23-24,32H,7-14,16H2,1-6H3. The number of aliphatic hydroxyl groups excluding tert-OH is 1. The molecule has 0 aromatic heterocycles. The van der Waals surface area contributed by atoms with Gasteiger partial charge in [0.15, 0.2) is 0 Å². The average molecular weight is 469 g/mol. The molecule has 0 amide bonds. The number of cyclic esters (lactones) is 1. The minimum Gasteiger partial charge on any atom is -0.455 e. The van der Waals surface area contributed by atoms with Crippen LogP contribution >= 0.6 is 0 Å². The van der Waals surface area contributed by atoms with Gasteiger partial charge in [-0.15, -0.1) is 0 Å². The summed E-state index contributed by atoms with van der Waals surface area (Å²) in [6, 6.07) is 0. The van der Waals surface area contributed by atoms with Crippen LogP contribution in [0.1, 0.15) is 99.3 Å². The van der Waals surface area contributed by atoms with Crippen LogP contribution in [0, 0.1) is 50.7 Å². The second-order valence-corrected chi connectivity index (χ2v) is 14.5. The molecule has 10 unspecified atom stereocenters. The number of aliphatic hydroxyl groups is 1. The van der Waals surface area contributed by atoms with Crippen molar-refractivity contribution in [3.05, 3.63) is 11.6 Å². The molecule has 1 heterocycles. The number of esters is 1. The molecule has 0 aromatic rings. The number of carbonyl (C=O) groups is 2. The predicted octanol–water partition coefficient (Wildman–Crippen LogP) is 5.86. The quantitative estimate of drug-likeness (QED) is 0.407. The van der Waals surface area contributed by atoms with Crippen LogP contribution in [0.3, 0.4) is 0 Å². The lowest BCUT2D eigenvalue weighted by Crippen LogP contribution is -2.57. The highest BCUT2D eigenvalue weighted by molar-refractivity contribution is 5.86. The van der Waals surface area contributed by atoms with E-state index >= 15 is 0 Å². The van der Waals surface area contributed by atoms with Gasteiger partial charge in [0, 0.05) is 11.8 Å². The SMILES string of the molecule is CC(C)=CC1OC(=O)C(C2CCC3(C)C4CCC5C(C)(C)C(=O)CCC56CC46CCC23C)C1O. The van der Waals surface area contributed by atoms with E-state index in [9.17, 15) is 14.7 Å². The summed E-state index contributed by atoms with van der Waals surface area (Å²) in [6.07, 6.45) is 10.8. The molecule has 188 valence electrons. The molecule has 4 heteroatoms. The molecule has 1 aliphatic heterocycles. The summed E-state index contributed by atoms with van der Waals surface area (Å²) in [5.74, 6) is 1.29. The van der Waals surface area contributed by atoms with E-state index in [0.717, 1.165) is 37.7 Å². The Morgan fingerprint density at radius 1 is 0.912 bits per heavy atom. The molecule has 0 bridgehead atoms. The zero-order chi connectivity index (χ0) is 24.5. The highest BCUT2D eigenvalue weighted by Crippen LogP contribution is 2.88. The number of Topliss-reactive ketones (excluding diaryl/α,β-unsaturated/α-hetero) is 1.